The number of nitro groups is 1. The highest BCUT2D eigenvalue weighted by Crippen LogP contribution is 2.19. The van der Waals surface area contributed by atoms with Crippen molar-refractivity contribution in [3.05, 3.63) is 39.7 Å². The minimum atomic E-state index is -1.22. The van der Waals surface area contributed by atoms with E-state index < -0.39 is 40.9 Å². The number of rotatable bonds is 6. The highest BCUT2D eigenvalue weighted by molar-refractivity contribution is 5.96. The molecule has 21 heavy (non-hydrogen) atoms. The molecular weight excluding hydrogens is 283 g/mol. The molecule has 0 radical (unpaired) electrons. The number of carbonyl (C=O) groups excluding carboxylic acids is 1. The van der Waals surface area contributed by atoms with Crippen molar-refractivity contribution in [1.29, 1.82) is 0 Å². The molecule has 8 heteroatoms. The Bertz CT molecular complexity index is 576. The number of carbonyl (C=O) groups is 2. The molecule has 0 fully saturated rings. The van der Waals surface area contributed by atoms with E-state index in [9.17, 15) is 24.1 Å². The topological polar surface area (TPSA) is 101 Å². The van der Waals surface area contributed by atoms with Gasteiger partial charge in [0.25, 0.3) is 11.6 Å². The smallest absolute Gasteiger partial charge is 0.323 e. The van der Waals surface area contributed by atoms with Gasteiger partial charge >= 0.3 is 5.97 Å². The normalized spacial score (nSPS) is 11.8. The van der Waals surface area contributed by atoms with E-state index in [0.717, 1.165) is 17.0 Å². The molecular formula is C13H15FN2O5. The molecule has 1 atom stereocenters. The quantitative estimate of drug-likeness (QED) is 0.640. The zero-order chi connectivity index (χ0) is 16.2. The molecule has 0 aliphatic carbocycles. The number of hydrogen-bond donors (Lipinski definition) is 1. The Morgan fingerprint density at radius 3 is 2.52 bits per heavy atom. The maximum atomic E-state index is 13.8. The van der Waals surface area contributed by atoms with Gasteiger partial charge in [-0.2, -0.15) is 0 Å². The lowest BCUT2D eigenvalue weighted by Gasteiger charge is -2.27. The van der Waals surface area contributed by atoms with Crippen molar-refractivity contribution in [2.24, 2.45) is 0 Å². The van der Waals surface area contributed by atoms with Gasteiger partial charge in [0.1, 0.15) is 12.4 Å². The molecule has 0 aromatic heterocycles. The zero-order valence-corrected chi connectivity index (χ0v) is 11.6. The first-order chi connectivity index (χ1) is 9.77. The van der Waals surface area contributed by atoms with Crippen molar-refractivity contribution in [2.75, 3.05) is 6.54 Å². The molecule has 0 saturated heterocycles. The lowest BCUT2D eigenvalue weighted by atomic mass is 10.1. The maximum absolute atomic E-state index is 13.8. The molecule has 1 N–H and O–H groups in total. The van der Waals surface area contributed by atoms with Crippen molar-refractivity contribution in [1.82, 2.24) is 4.90 Å². The highest BCUT2D eigenvalue weighted by atomic mass is 19.1. The summed E-state index contributed by atoms with van der Waals surface area (Å²) in [6.07, 6.45) is 0.494. The van der Waals surface area contributed by atoms with E-state index in [0.29, 0.717) is 12.5 Å². The van der Waals surface area contributed by atoms with Gasteiger partial charge in [-0.15, -0.1) is 0 Å². The van der Waals surface area contributed by atoms with Gasteiger partial charge in [0.2, 0.25) is 0 Å². The molecule has 0 aliphatic heterocycles. The third-order valence-electron chi connectivity index (χ3n) is 3.08. The van der Waals surface area contributed by atoms with Crippen molar-refractivity contribution in [2.45, 2.75) is 26.3 Å². The number of carboxylic acids is 1. The summed E-state index contributed by atoms with van der Waals surface area (Å²) in [4.78, 5) is 33.8. The van der Waals surface area contributed by atoms with E-state index in [1.807, 2.05) is 0 Å². The molecule has 0 bridgehead atoms. The molecule has 1 aromatic carbocycles. The van der Waals surface area contributed by atoms with Gasteiger partial charge in [0.15, 0.2) is 0 Å². The van der Waals surface area contributed by atoms with Crippen LogP contribution in [0.3, 0.4) is 0 Å². The Kier molecular flexibility index (Phi) is 5.34. The summed E-state index contributed by atoms with van der Waals surface area (Å²) in [6, 6.07) is 2.24. The minimum Gasteiger partial charge on any atom is -0.480 e. The second kappa shape index (κ2) is 6.78. The molecule has 0 spiro atoms. The van der Waals surface area contributed by atoms with Crippen LogP contribution in [0.25, 0.3) is 0 Å². The third kappa shape index (κ3) is 3.98. The Balaban J connectivity index is 3.14. The lowest BCUT2D eigenvalue weighted by molar-refractivity contribution is -0.385. The minimum absolute atomic E-state index is 0.387. The number of nitrogens with zero attached hydrogens (tertiary/aromatic N) is 2. The summed E-state index contributed by atoms with van der Waals surface area (Å²) in [5.74, 6) is -3.07. The number of nitro benzene ring substituents is 1. The van der Waals surface area contributed by atoms with E-state index >= 15 is 0 Å². The number of benzene rings is 1. The average Bonchev–Trinajstić information content (AvgIpc) is 2.42. The second-order valence-electron chi connectivity index (χ2n) is 4.51. The summed E-state index contributed by atoms with van der Waals surface area (Å²) >= 11 is 0. The van der Waals surface area contributed by atoms with Gasteiger partial charge in [0.05, 0.1) is 16.6 Å². The van der Waals surface area contributed by atoms with Crippen LogP contribution in [0.4, 0.5) is 10.1 Å². The molecule has 1 rings (SSSR count). The Morgan fingerprint density at radius 2 is 2.10 bits per heavy atom. The average molecular weight is 298 g/mol. The van der Waals surface area contributed by atoms with Crippen molar-refractivity contribution in [3.8, 4) is 0 Å². The summed E-state index contributed by atoms with van der Waals surface area (Å²) < 4.78 is 13.8. The molecule has 0 heterocycles. The van der Waals surface area contributed by atoms with E-state index in [1.165, 1.54) is 0 Å². The summed E-state index contributed by atoms with van der Waals surface area (Å²) in [6.45, 7) is 2.84. The van der Waals surface area contributed by atoms with Gasteiger partial charge in [-0.05, 0) is 19.4 Å². The molecule has 0 saturated carbocycles. The number of aliphatic carboxylic acids is 1. The van der Waals surface area contributed by atoms with Crippen LogP contribution < -0.4 is 0 Å². The molecule has 1 amide bonds. The van der Waals surface area contributed by atoms with Crippen LogP contribution in [0.2, 0.25) is 0 Å². The van der Waals surface area contributed by atoms with E-state index in [2.05, 4.69) is 0 Å². The number of amides is 1. The van der Waals surface area contributed by atoms with E-state index in [1.54, 1.807) is 13.8 Å². The fraction of sp³-hybridized carbons (Fsp3) is 0.385. The Morgan fingerprint density at radius 1 is 1.48 bits per heavy atom. The molecule has 114 valence electrons. The second-order valence-corrected chi connectivity index (χ2v) is 4.51. The van der Waals surface area contributed by atoms with Crippen LogP contribution in [0.1, 0.15) is 30.6 Å². The fourth-order valence-corrected chi connectivity index (χ4v) is 1.74. The fourth-order valence-electron chi connectivity index (χ4n) is 1.74. The zero-order valence-electron chi connectivity index (χ0n) is 11.6. The third-order valence-corrected chi connectivity index (χ3v) is 3.08. The largest absolute Gasteiger partial charge is 0.480 e. The van der Waals surface area contributed by atoms with Gasteiger partial charge in [-0.3, -0.25) is 19.7 Å². The van der Waals surface area contributed by atoms with Gasteiger partial charge in [-0.25, -0.2) is 4.39 Å². The van der Waals surface area contributed by atoms with E-state index in [-0.39, 0.29) is 5.56 Å². The van der Waals surface area contributed by atoms with Crippen LogP contribution in [-0.4, -0.2) is 39.4 Å². The van der Waals surface area contributed by atoms with Crippen LogP contribution in [-0.2, 0) is 4.79 Å². The van der Waals surface area contributed by atoms with E-state index in [4.69, 9.17) is 5.11 Å². The molecule has 1 aromatic rings. The summed E-state index contributed by atoms with van der Waals surface area (Å²) in [7, 11) is 0. The van der Waals surface area contributed by atoms with Crippen LogP contribution in [0.15, 0.2) is 18.2 Å². The Labute approximate surface area is 120 Å². The van der Waals surface area contributed by atoms with Crippen LogP contribution in [0.5, 0.6) is 0 Å². The molecule has 1 unspecified atom stereocenters. The predicted octanol–water partition coefficient (Wildman–Crippen LogP) is 2.06. The number of hydrogen-bond acceptors (Lipinski definition) is 4. The first-order valence-corrected chi connectivity index (χ1v) is 6.24. The predicted molar refractivity (Wildman–Crippen MR) is 71.5 cm³/mol. The first kappa shape index (κ1) is 16.5. The summed E-state index contributed by atoms with van der Waals surface area (Å²) in [5, 5.41) is 19.4. The molecule has 7 nitrogen and oxygen atoms in total. The van der Waals surface area contributed by atoms with Crippen LogP contribution >= 0.6 is 0 Å². The van der Waals surface area contributed by atoms with Crippen LogP contribution in [0, 0.1) is 15.9 Å². The highest BCUT2D eigenvalue weighted by Gasteiger charge is 2.26. The SMILES string of the molecule is CCC(C)N(CC(=O)O)C(=O)c1ccc([N+](=O)[O-])cc1F. The monoisotopic (exact) mass is 298 g/mol. The van der Waals surface area contributed by atoms with Gasteiger partial charge in [-0.1, -0.05) is 6.92 Å². The number of carboxylic acid groups (broad SMARTS) is 1. The van der Waals surface area contributed by atoms with Crippen molar-refractivity contribution < 1.29 is 24.0 Å². The standard InChI is InChI=1S/C13H15FN2O5/c1-3-8(2)15(7-12(17)18)13(19)10-5-4-9(16(20)21)6-11(10)14/h4-6,8H,3,7H2,1-2H3,(H,17,18). The maximum Gasteiger partial charge on any atom is 0.323 e. The van der Waals surface area contributed by atoms with Crippen molar-refractivity contribution >= 4 is 17.6 Å². The Hall–Kier alpha value is -2.51. The summed E-state index contributed by atoms with van der Waals surface area (Å²) in [5.41, 5.74) is -0.862. The van der Waals surface area contributed by atoms with Crippen molar-refractivity contribution in [3.63, 3.8) is 0 Å². The van der Waals surface area contributed by atoms with Gasteiger partial charge < -0.3 is 10.0 Å². The number of non-ortho nitro benzene ring substituents is 1. The van der Waals surface area contributed by atoms with Gasteiger partial charge in [0, 0.05) is 12.1 Å². The number of halogens is 1. The lowest BCUT2D eigenvalue weighted by Crippen LogP contribution is -2.42. The molecule has 0 aliphatic rings. The first-order valence-electron chi connectivity index (χ1n) is 6.24.